The number of nitrogens with two attached hydrogens (primary N) is 1. The van der Waals surface area contributed by atoms with Crippen molar-refractivity contribution in [3.8, 4) is 0 Å². The molecule has 0 aromatic rings. The molecule has 0 bridgehead atoms. The Morgan fingerprint density at radius 2 is 2.00 bits per heavy atom. The number of amides is 3. The Balaban J connectivity index is 2.36. The third-order valence-corrected chi connectivity index (χ3v) is 3.64. The van der Waals surface area contributed by atoms with Gasteiger partial charge in [0, 0.05) is 13.1 Å². The van der Waals surface area contributed by atoms with Crippen LogP contribution in [0, 0.1) is 5.92 Å². The minimum absolute atomic E-state index is 0.168. The third kappa shape index (κ3) is 9.22. The maximum absolute atomic E-state index is 12.1. The molecule has 0 saturated heterocycles. The standard InChI is InChI=1S/C18H30N4O4/c1-13(2)10-15(17(24)20-9-8-19)22-16(23)11-21-18(25)26-12-14-6-4-3-5-7-14/h4,6-7,13,15H,3,5,8-12,19H2,1-2H3,(H,20,24)(H,21,25)(H,22,23)/t15-/m0/s1. The van der Waals surface area contributed by atoms with E-state index in [0.29, 0.717) is 19.5 Å². The Morgan fingerprint density at radius 1 is 1.23 bits per heavy atom. The normalized spacial score (nSPS) is 14.4. The van der Waals surface area contributed by atoms with E-state index < -0.39 is 18.0 Å². The SMILES string of the molecule is CC(C)C[C@H](NC(=O)CNC(=O)OCC1=CCCC=C1)C(=O)NCCN. The molecule has 0 unspecified atom stereocenters. The summed E-state index contributed by atoms with van der Waals surface area (Å²) >= 11 is 0. The molecule has 0 aromatic carbocycles. The summed E-state index contributed by atoms with van der Waals surface area (Å²) in [5.74, 6) is -0.512. The van der Waals surface area contributed by atoms with Crippen molar-refractivity contribution in [2.24, 2.45) is 11.7 Å². The number of ether oxygens (including phenoxy) is 1. The van der Waals surface area contributed by atoms with E-state index in [-0.39, 0.29) is 25.0 Å². The second-order valence-electron chi connectivity index (χ2n) is 6.52. The van der Waals surface area contributed by atoms with Gasteiger partial charge in [-0.2, -0.15) is 0 Å². The Bertz CT molecular complexity index is 543. The lowest BCUT2D eigenvalue weighted by molar-refractivity contribution is -0.128. The maximum Gasteiger partial charge on any atom is 0.407 e. The molecule has 8 nitrogen and oxygen atoms in total. The molecule has 0 radical (unpaired) electrons. The summed E-state index contributed by atoms with van der Waals surface area (Å²) in [6.45, 7) is 4.50. The minimum Gasteiger partial charge on any atom is -0.445 e. The molecule has 0 heterocycles. The Hall–Kier alpha value is -2.35. The summed E-state index contributed by atoms with van der Waals surface area (Å²) in [6.07, 6.45) is 7.69. The Labute approximate surface area is 154 Å². The zero-order valence-corrected chi connectivity index (χ0v) is 15.5. The first-order chi connectivity index (χ1) is 12.4. The molecule has 3 amide bonds. The predicted octanol–water partition coefficient (Wildman–Crippen LogP) is 0.595. The average molecular weight is 366 g/mol. The monoisotopic (exact) mass is 366 g/mol. The van der Waals surface area contributed by atoms with E-state index in [2.05, 4.69) is 16.0 Å². The van der Waals surface area contributed by atoms with Crippen molar-refractivity contribution in [3.05, 3.63) is 23.8 Å². The van der Waals surface area contributed by atoms with E-state index in [9.17, 15) is 14.4 Å². The quantitative estimate of drug-likeness (QED) is 0.451. The van der Waals surface area contributed by atoms with Gasteiger partial charge >= 0.3 is 6.09 Å². The summed E-state index contributed by atoms with van der Waals surface area (Å²) in [5, 5.41) is 7.68. The van der Waals surface area contributed by atoms with Crippen LogP contribution < -0.4 is 21.7 Å². The molecule has 0 aromatic heterocycles. The van der Waals surface area contributed by atoms with Crippen LogP contribution in [0.5, 0.6) is 0 Å². The zero-order chi connectivity index (χ0) is 19.4. The van der Waals surface area contributed by atoms with Crippen LogP contribution in [-0.4, -0.2) is 50.2 Å². The van der Waals surface area contributed by atoms with E-state index in [1.807, 2.05) is 32.1 Å². The molecule has 1 aliphatic carbocycles. The van der Waals surface area contributed by atoms with Crippen LogP contribution in [0.15, 0.2) is 23.8 Å². The molecule has 0 spiro atoms. The summed E-state index contributed by atoms with van der Waals surface area (Å²) in [7, 11) is 0. The van der Waals surface area contributed by atoms with Gasteiger partial charge in [-0.15, -0.1) is 0 Å². The van der Waals surface area contributed by atoms with Crippen LogP contribution in [0.3, 0.4) is 0 Å². The van der Waals surface area contributed by atoms with Crippen LogP contribution >= 0.6 is 0 Å². The first kappa shape index (κ1) is 21.7. The van der Waals surface area contributed by atoms with Gasteiger partial charge in [0.2, 0.25) is 11.8 Å². The molecule has 1 atom stereocenters. The number of hydrogen-bond acceptors (Lipinski definition) is 5. The molecule has 1 rings (SSSR count). The van der Waals surface area contributed by atoms with Crippen molar-refractivity contribution in [1.82, 2.24) is 16.0 Å². The van der Waals surface area contributed by atoms with Gasteiger partial charge in [0.1, 0.15) is 19.2 Å². The van der Waals surface area contributed by atoms with Crippen molar-refractivity contribution in [2.45, 2.75) is 39.2 Å². The number of rotatable bonds is 10. The number of allylic oxidation sites excluding steroid dienone is 2. The smallest absolute Gasteiger partial charge is 0.407 e. The summed E-state index contributed by atoms with van der Waals surface area (Å²) in [6, 6.07) is -0.663. The number of nitrogens with one attached hydrogen (secondary N) is 3. The topological polar surface area (TPSA) is 123 Å². The summed E-state index contributed by atoms with van der Waals surface area (Å²) in [4.78, 5) is 35.8. The van der Waals surface area contributed by atoms with Gasteiger partial charge < -0.3 is 26.4 Å². The second kappa shape index (κ2) is 12.1. The Morgan fingerprint density at radius 3 is 2.62 bits per heavy atom. The van der Waals surface area contributed by atoms with Gasteiger partial charge in [-0.3, -0.25) is 9.59 Å². The molecule has 26 heavy (non-hydrogen) atoms. The Kier molecular flexibility index (Phi) is 10.1. The van der Waals surface area contributed by atoms with Gasteiger partial charge in [-0.1, -0.05) is 32.1 Å². The van der Waals surface area contributed by atoms with Gasteiger partial charge in [-0.05, 0) is 30.8 Å². The van der Waals surface area contributed by atoms with E-state index in [1.165, 1.54) is 0 Å². The lowest BCUT2D eigenvalue weighted by Gasteiger charge is -2.20. The van der Waals surface area contributed by atoms with E-state index >= 15 is 0 Å². The van der Waals surface area contributed by atoms with Crippen LogP contribution in [0.2, 0.25) is 0 Å². The first-order valence-electron chi connectivity index (χ1n) is 8.95. The molecule has 1 aliphatic rings. The highest BCUT2D eigenvalue weighted by Crippen LogP contribution is 2.09. The molecule has 8 heteroatoms. The van der Waals surface area contributed by atoms with E-state index in [0.717, 1.165) is 18.4 Å². The van der Waals surface area contributed by atoms with Crippen molar-refractivity contribution in [1.29, 1.82) is 0 Å². The van der Waals surface area contributed by atoms with Crippen LogP contribution in [0.1, 0.15) is 33.1 Å². The number of hydrogen-bond donors (Lipinski definition) is 4. The van der Waals surface area contributed by atoms with Crippen molar-refractivity contribution < 1.29 is 19.1 Å². The fourth-order valence-corrected chi connectivity index (χ4v) is 2.39. The summed E-state index contributed by atoms with van der Waals surface area (Å²) in [5.41, 5.74) is 6.31. The van der Waals surface area contributed by atoms with E-state index in [1.54, 1.807) is 0 Å². The average Bonchev–Trinajstić information content (AvgIpc) is 2.62. The number of alkyl carbamates (subject to hydrolysis) is 1. The third-order valence-electron chi connectivity index (χ3n) is 3.64. The highest BCUT2D eigenvalue weighted by molar-refractivity contribution is 5.89. The second-order valence-corrected chi connectivity index (χ2v) is 6.52. The largest absolute Gasteiger partial charge is 0.445 e. The van der Waals surface area contributed by atoms with Crippen molar-refractivity contribution in [2.75, 3.05) is 26.2 Å². The molecule has 0 aliphatic heterocycles. The number of carbonyl (C=O) groups excluding carboxylic acids is 3. The van der Waals surface area contributed by atoms with Crippen molar-refractivity contribution in [3.63, 3.8) is 0 Å². The van der Waals surface area contributed by atoms with Crippen LogP contribution in [-0.2, 0) is 14.3 Å². The fourth-order valence-electron chi connectivity index (χ4n) is 2.39. The summed E-state index contributed by atoms with van der Waals surface area (Å²) < 4.78 is 5.06. The van der Waals surface area contributed by atoms with Gasteiger partial charge in [0.05, 0.1) is 0 Å². The molecule has 0 saturated carbocycles. The lowest BCUT2D eigenvalue weighted by Crippen LogP contribution is -2.50. The van der Waals surface area contributed by atoms with Crippen LogP contribution in [0.25, 0.3) is 0 Å². The predicted molar refractivity (Wildman–Crippen MR) is 99.3 cm³/mol. The first-order valence-corrected chi connectivity index (χ1v) is 8.95. The maximum atomic E-state index is 12.1. The molecule has 0 fully saturated rings. The molecule has 146 valence electrons. The molecular formula is C18H30N4O4. The van der Waals surface area contributed by atoms with Crippen LogP contribution in [0.4, 0.5) is 4.79 Å². The minimum atomic E-state index is -0.673. The van der Waals surface area contributed by atoms with Gasteiger partial charge in [0.25, 0.3) is 0 Å². The fraction of sp³-hybridized carbons (Fsp3) is 0.611. The molecular weight excluding hydrogens is 336 g/mol. The van der Waals surface area contributed by atoms with Gasteiger partial charge in [0.15, 0.2) is 0 Å². The zero-order valence-electron chi connectivity index (χ0n) is 15.5. The van der Waals surface area contributed by atoms with E-state index in [4.69, 9.17) is 10.5 Å². The highest BCUT2D eigenvalue weighted by atomic mass is 16.5. The van der Waals surface area contributed by atoms with Crippen molar-refractivity contribution >= 4 is 17.9 Å². The molecule has 5 N–H and O–H groups in total. The number of carbonyl (C=O) groups is 3. The highest BCUT2D eigenvalue weighted by Gasteiger charge is 2.21. The van der Waals surface area contributed by atoms with Gasteiger partial charge in [-0.25, -0.2) is 4.79 Å². The lowest BCUT2D eigenvalue weighted by atomic mass is 10.0.